The van der Waals surface area contributed by atoms with Crippen LogP contribution in [-0.4, -0.2) is 49.1 Å². The van der Waals surface area contributed by atoms with E-state index in [1.54, 1.807) is 62.4 Å². The van der Waals surface area contributed by atoms with Crippen molar-refractivity contribution < 1.29 is 36.3 Å². The quantitative estimate of drug-likeness (QED) is 0.169. The minimum atomic E-state index is -3.77. The number of nitrogens with one attached hydrogen (secondary N) is 1. The molecule has 1 heterocycles. The summed E-state index contributed by atoms with van der Waals surface area (Å²) in [6.07, 6.45) is 1.03. The van der Waals surface area contributed by atoms with Crippen LogP contribution in [0.4, 0.5) is 8.78 Å². The molecule has 0 bridgehead atoms. The van der Waals surface area contributed by atoms with Crippen LogP contribution in [0, 0.1) is 11.6 Å². The van der Waals surface area contributed by atoms with Gasteiger partial charge in [-0.1, -0.05) is 24.3 Å². The molecule has 0 saturated heterocycles. The number of aliphatic hydroxyl groups excluding tert-OH is 1. The van der Waals surface area contributed by atoms with E-state index in [4.69, 9.17) is 10.2 Å². The van der Waals surface area contributed by atoms with Gasteiger partial charge in [-0.3, -0.25) is 9.59 Å². The number of amides is 2. The summed E-state index contributed by atoms with van der Waals surface area (Å²) >= 11 is 0. The van der Waals surface area contributed by atoms with Crippen LogP contribution in [0.2, 0.25) is 0 Å². The molecule has 47 heavy (non-hydrogen) atoms. The lowest BCUT2D eigenvalue weighted by molar-refractivity contribution is 0.0911. The normalized spacial score (nSPS) is 12.1. The number of sulfonamides is 1. The van der Waals surface area contributed by atoms with Crippen molar-refractivity contribution in [2.75, 3.05) is 19.4 Å². The highest BCUT2D eigenvalue weighted by Gasteiger charge is 2.26. The Bertz CT molecular complexity index is 2080. The number of fused-ring (bicyclic) bond motifs is 1. The van der Waals surface area contributed by atoms with Crippen LogP contribution >= 0.6 is 0 Å². The molecule has 1 aromatic heterocycles. The second-order valence-electron chi connectivity index (χ2n) is 11.7. The van der Waals surface area contributed by atoms with E-state index < -0.39 is 45.6 Å². The van der Waals surface area contributed by atoms with E-state index >= 15 is 0 Å². The first-order valence-corrected chi connectivity index (χ1v) is 16.4. The molecular weight excluding hydrogens is 628 g/mol. The molecular formula is C35H33F2N3O6S. The average Bonchev–Trinajstić information content (AvgIpc) is 3.39. The van der Waals surface area contributed by atoms with Crippen LogP contribution in [0.1, 0.15) is 45.7 Å². The standard InChI is InChI=1S/C35H33F2N3O6S/c1-35(2,25-9-13-27(37)14-10-25)39-34(43)23-6-4-5-22(17-23)28-19-29-30(18-24(28)20-40(15-16-41)47(3,44)45)46-32(31(29)33(38)42)21-7-11-26(36)12-8-21/h4-14,17-19,41H,15-16,20H2,1-3H3,(H2,38,42)(H,39,43). The summed E-state index contributed by atoms with van der Waals surface area (Å²) < 4.78 is 59.6. The fourth-order valence-electron chi connectivity index (χ4n) is 5.42. The Morgan fingerprint density at radius 3 is 2.17 bits per heavy atom. The maximum Gasteiger partial charge on any atom is 0.253 e. The number of nitrogens with zero attached hydrogens (tertiary/aromatic N) is 1. The van der Waals surface area contributed by atoms with Gasteiger partial charge in [-0.2, -0.15) is 4.31 Å². The maximum atomic E-state index is 13.7. The maximum absolute atomic E-state index is 13.7. The van der Waals surface area contributed by atoms with Crippen molar-refractivity contribution in [3.8, 4) is 22.5 Å². The highest BCUT2D eigenvalue weighted by molar-refractivity contribution is 7.88. The Hall–Kier alpha value is -4.91. The molecule has 5 aromatic rings. The number of nitrogens with two attached hydrogens (primary N) is 1. The van der Waals surface area contributed by atoms with E-state index in [1.165, 1.54) is 36.4 Å². The van der Waals surface area contributed by atoms with E-state index in [9.17, 15) is 31.9 Å². The van der Waals surface area contributed by atoms with Gasteiger partial charge in [0.05, 0.1) is 24.0 Å². The van der Waals surface area contributed by atoms with E-state index in [2.05, 4.69) is 5.32 Å². The SMILES string of the molecule is CC(C)(NC(=O)c1cccc(-c2cc3c(C(N)=O)c(-c4ccc(F)cc4)oc3cc2CN(CCO)S(C)(=O)=O)c1)c1ccc(F)cc1. The molecule has 244 valence electrons. The van der Waals surface area contributed by atoms with E-state index in [0.717, 1.165) is 10.6 Å². The third kappa shape index (κ3) is 7.25. The van der Waals surface area contributed by atoms with E-state index in [1.807, 2.05) is 0 Å². The lowest BCUT2D eigenvalue weighted by Gasteiger charge is -2.27. The molecule has 2 amide bonds. The summed E-state index contributed by atoms with van der Waals surface area (Å²) in [5.41, 5.74) is 8.07. The van der Waals surface area contributed by atoms with Crippen molar-refractivity contribution in [2.45, 2.75) is 25.9 Å². The van der Waals surface area contributed by atoms with E-state index in [-0.39, 0.29) is 35.6 Å². The summed E-state index contributed by atoms with van der Waals surface area (Å²) in [6.45, 7) is 2.81. The Morgan fingerprint density at radius 2 is 1.57 bits per heavy atom. The fraction of sp³-hybridized carbons (Fsp3) is 0.200. The lowest BCUT2D eigenvalue weighted by Crippen LogP contribution is -2.41. The molecule has 0 saturated carbocycles. The molecule has 0 radical (unpaired) electrons. The lowest BCUT2D eigenvalue weighted by atomic mass is 9.92. The summed E-state index contributed by atoms with van der Waals surface area (Å²) in [5, 5.41) is 12.9. The molecule has 0 fully saturated rings. The Kier molecular flexibility index (Phi) is 9.30. The van der Waals surface area contributed by atoms with Gasteiger partial charge in [-0.25, -0.2) is 17.2 Å². The predicted molar refractivity (Wildman–Crippen MR) is 175 cm³/mol. The van der Waals surface area contributed by atoms with Gasteiger partial charge >= 0.3 is 0 Å². The number of carbonyl (C=O) groups excluding carboxylic acids is 2. The van der Waals surface area contributed by atoms with Crippen LogP contribution in [0.3, 0.4) is 0 Å². The van der Waals surface area contributed by atoms with Crippen molar-refractivity contribution in [1.29, 1.82) is 0 Å². The zero-order chi connectivity index (χ0) is 34.1. The van der Waals surface area contributed by atoms with Crippen LogP contribution < -0.4 is 11.1 Å². The number of carbonyl (C=O) groups is 2. The van der Waals surface area contributed by atoms with Crippen molar-refractivity contribution in [1.82, 2.24) is 9.62 Å². The van der Waals surface area contributed by atoms with Gasteiger partial charge in [0.25, 0.3) is 11.8 Å². The predicted octanol–water partition coefficient (Wildman–Crippen LogP) is 5.56. The number of hydrogen-bond donors (Lipinski definition) is 3. The smallest absolute Gasteiger partial charge is 0.253 e. The Balaban J connectivity index is 1.65. The number of aliphatic hydroxyl groups is 1. The van der Waals surface area contributed by atoms with Gasteiger partial charge in [0.15, 0.2) is 0 Å². The van der Waals surface area contributed by atoms with Crippen molar-refractivity contribution >= 4 is 32.8 Å². The third-order valence-corrected chi connectivity index (χ3v) is 9.11. The number of furan rings is 1. The summed E-state index contributed by atoms with van der Waals surface area (Å²) in [4.78, 5) is 26.3. The molecule has 0 aliphatic heterocycles. The number of primary amides is 1. The number of benzene rings is 4. The Labute approximate surface area is 270 Å². The molecule has 4 N–H and O–H groups in total. The van der Waals surface area contributed by atoms with Crippen LogP contribution in [0.25, 0.3) is 33.4 Å². The first-order valence-electron chi connectivity index (χ1n) is 14.6. The second kappa shape index (κ2) is 13.1. The highest BCUT2D eigenvalue weighted by atomic mass is 32.2. The van der Waals surface area contributed by atoms with Gasteiger partial charge in [0.1, 0.15) is 23.0 Å². The number of rotatable bonds is 11. The zero-order valence-corrected chi connectivity index (χ0v) is 26.7. The van der Waals surface area contributed by atoms with Crippen molar-refractivity contribution in [2.24, 2.45) is 5.73 Å². The third-order valence-electron chi connectivity index (χ3n) is 7.86. The molecule has 4 aromatic carbocycles. The molecule has 9 nitrogen and oxygen atoms in total. The second-order valence-corrected chi connectivity index (χ2v) is 13.7. The summed E-state index contributed by atoms with van der Waals surface area (Å²) in [5.74, 6) is -1.98. The first kappa shape index (κ1) is 33.5. The summed E-state index contributed by atoms with van der Waals surface area (Å²) in [6, 6.07) is 21.0. The molecule has 0 spiro atoms. The first-order chi connectivity index (χ1) is 22.2. The molecule has 0 unspecified atom stereocenters. The molecule has 0 aliphatic carbocycles. The van der Waals surface area contributed by atoms with Crippen molar-refractivity contribution in [3.05, 3.63) is 119 Å². The minimum Gasteiger partial charge on any atom is -0.455 e. The van der Waals surface area contributed by atoms with Gasteiger partial charge in [-0.15, -0.1) is 0 Å². The molecule has 12 heteroatoms. The molecule has 0 aliphatic rings. The minimum absolute atomic E-state index is 0.0460. The molecule has 5 rings (SSSR count). The van der Waals surface area contributed by atoms with Gasteiger partial charge in [-0.05, 0) is 96.8 Å². The largest absolute Gasteiger partial charge is 0.455 e. The van der Waals surface area contributed by atoms with Crippen LogP contribution in [0.15, 0.2) is 89.3 Å². The van der Waals surface area contributed by atoms with Gasteiger partial charge in [0.2, 0.25) is 10.0 Å². The van der Waals surface area contributed by atoms with Gasteiger partial charge < -0.3 is 20.6 Å². The Morgan fingerprint density at radius 1 is 0.936 bits per heavy atom. The van der Waals surface area contributed by atoms with Crippen LogP contribution in [0.5, 0.6) is 0 Å². The topological polar surface area (TPSA) is 143 Å². The zero-order valence-electron chi connectivity index (χ0n) is 25.9. The van der Waals surface area contributed by atoms with Gasteiger partial charge in [0, 0.05) is 29.6 Å². The number of hydrogen-bond acceptors (Lipinski definition) is 6. The summed E-state index contributed by atoms with van der Waals surface area (Å²) in [7, 11) is -3.77. The fourth-order valence-corrected chi connectivity index (χ4v) is 6.21. The van der Waals surface area contributed by atoms with E-state index in [0.29, 0.717) is 33.2 Å². The monoisotopic (exact) mass is 661 g/mol. The molecule has 0 atom stereocenters. The van der Waals surface area contributed by atoms with Crippen molar-refractivity contribution in [3.63, 3.8) is 0 Å². The van der Waals surface area contributed by atoms with Crippen LogP contribution in [-0.2, 0) is 22.1 Å². The number of halogens is 2. The average molecular weight is 662 g/mol. The highest BCUT2D eigenvalue weighted by Crippen LogP contribution is 2.38.